The fourth-order valence-corrected chi connectivity index (χ4v) is 3.65. The van der Waals surface area contributed by atoms with E-state index in [0.29, 0.717) is 25.8 Å². The highest BCUT2D eigenvalue weighted by Gasteiger charge is 2.33. The average molecular weight is 433 g/mol. The monoisotopic (exact) mass is 432 g/mol. The number of nitrogens with two attached hydrogens (primary N) is 1. The maximum absolute atomic E-state index is 12.0. The summed E-state index contributed by atoms with van der Waals surface area (Å²) in [6.07, 6.45) is 1.63. The molecule has 0 fully saturated rings. The second-order valence-electron chi connectivity index (χ2n) is 8.40. The van der Waals surface area contributed by atoms with Crippen LogP contribution in [0.2, 0.25) is 0 Å². The largest absolute Gasteiger partial charge is 0.462 e. The summed E-state index contributed by atoms with van der Waals surface area (Å²) < 4.78 is 11.4. The molecule has 1 amide bonds. The Bertz CT molecular complexity index is 479. The van der Waals surface area contributed by atoms with Crippen LogP contribution in [0.3, 0.4) is 0 Å². The average Bonchev–Trinajstić information content (AvgIpc) is 2.74. The van der Waals surface area contributed by atoms with Crippen molar-refractivity contribution < 1.29 is 29.3 Å². The molecule has 0 heterocycles. The van der Waals surface area contributed by atoms with Gasteiger partial charge in [-0.05, 0) is 31.6 Å². The van der Waals surface area contributed by atoms with Crippen LogP contribution < -0.4 is 5.73 Å². The van der Waals surface area contributed by atoms with Crippen LogP contribution in [0, 0.1) is 11.8 Å². The molecule has 4 N–H and O–H groups in total. The summed E-state index contributed by atoms with van der Waals surface area (Å²) in [6.45, 7) is 8.27. The number of methoxy groups -OCH3 is 1. The highest BCUT2D eigenvalue weighted by molar-refractivity contribution is 5.69. The Balaban J connectivity index is 5.09. The molecule has 30 heavy (non-hydrogen) atoms. The van der Waals surface area contributed by atoms with Gasteiger partial charge in [0.1, 0.15) is 6.10 Å². The lowest BCUT2D eigenvalue weighted by atomic mass is 9.84. The van der Waals surface area contributed by atoms with Crippen molar-refractivity contribution in [3.05, 3.63) is 0 Å². The van der Waals surface area contributed by atoms with Crippen LogP contribution >= 0.6 is 0 Å². The lowest BCUT2D eigenvalue weighted by Gasteiger charge is -2.34. The summed E-state index contributed by atoms with van der Waals surface area (Å²) >= 11 is 0. The first kappa shape index (κ1) is 28.8. The van der Waals surface area contributed by atoms with Gasteiger partial charge < -0.3 is 30.3 Å². The molecule has 0 aliphatic heterocycles. The van der Waals surface area contributed by atoms with Gasteiger partial charge in [0.2, 0.25) is 6.41 Å². The van der Waals surface area contributed by atoms with Crippen LogP contribution in [0.5, 0.6) is 0 Å². The molecule has 0 saturated heterocycles. The highest BCUT2D eigenvalue weighted by Crippen LogP contribution is 2.27. The van der Waals surface area contributed by atoms with Crippen LogP contribution in [0.1, 0.15) is 66.2 Å². The normalized spacial score (nSPS) is 18.6. The third-order valence-corrected chi connectivity index (χ3v) is 5.89. The molecule has 8 heteroatoms. The molecule has 0 aromatic carbocycles. The molecule has 0 aliphatic carbocycles. The Hall–Kier alpha value is -1.22. The van der Waals surface area contributed by atoms with Crippen molar-refractivity contribution >= 4 is 12.4 Å². The predicted molar refractivity (Wildman–Crippen MR) is 117 cm³/mol. The summed E-state index contributed by atoms with van der Waals surface area (Å²) in [5.74, 6) is -0.229. The van der Waals surface area contributed by atoms with E-state index < -0.39 is 24.4 Å². The van der Waals surface area contributed by atoms with Gasteiger partial charge >= 0.3 is 5.97 Å². The number of amides is 1. The minimum absolute atomic E-state index is 0.0902. The first-order chi connectivity index (χ1) is 14.1. The zero-order chi connectivity index (χ0) is 23.3. The smallest absolute Gasteiger partial charge is 0.305 e. The molecule has 0 aliphatic rings. The number of hydrogen-bond donors (Lipinski definition) is 3. The minimum Gasteiger partial charge on any atom is -0.462 e. The van der Waals surface area contributed by atoms with Crippen molar-refractivity contribution in [1.29, 1.82) is 0 Å². The van der Waals surface area contributed by atoms with Gasteiger partial charge in [-0.1, -0.05) is 27.7 Å². The molecule has 0 aromatic rings. The van der Waals surface area contributed by atoms with Crippen molar-refractivity contribution in [3.63, 3.8) is 0 Å². The topological polar surface area (TPSA) is 122 Å². The first-order valence-corrected chi connectivity index (χ1v) is 11.1. The molecule has 0 aromatic heterocycles. The van der Waals surface area contributed by atoms with E-state index in [-0.39, 0.29) is 36.8 Å². The molecule has 0 bridgehead atoms. The van der Waals surface area contributed by atoms with Crippen LogP contribution in [-0.2, 0) is 19.1 Å². The van der Waals surface area contributed by atoms with E-state index in [0.717, 1.165) is 12.8 Å². The summed E-state index contributed by atoms with van der Waals surface area (Å²) in [7, 11) is 3.38. The summed E-state index contributed by atoms with van der Waals surface area (Å²) in [4.78, 5) is 24.4. The fraction of sp³-hybridized carbons (Fsp3) is 0.909. The number of esters is 1. The lowest BCUT2D eigenvalue weighted by Crippen LogP contribution is -2.41. The molecule has 0 saturated carbocycles. The number of nitrogens with zero attached hydrogens (tertiary/aromatic N) is 1. The van der Waals surface area contributed by atoms with E-state index in [4.69, 9.17) is 15.2 Å². The first-order valence-electron chi connectivity index (χ1n) is 11.1. The standard InChI is InChI=1S/C22H44N2O6/c1-7-17(26)13-19(27)18(23)9-10-20(30-21(28)8-2)16(4)22(29-6)15(3)11-12-24(5)14-25/h14-20,22,26-27H,7-13,23H2,1-6H3/t15-,16+,17-,18+,19+,20-,22-/m1/s1. The van der Waals surface area contributed by atoms with Crippen LogP contribution in [-0.4, -0.2) is 78.7 Å². The number of aliphatic hydroxyl groups is 2. The van der Waals surface area contributed by atoms with Gasteiger partial charge in [-0.3, -0.25) is 9.59 Å². The second kappa shape index (κ2) is 15.6. The van der Waals surface area contributed by atoms with Crippen LogP contribution in [0.4, 0.5) is 0 Å². The molecular weight excluding hydrogens is 388 g/mol. The second-order valence-corrected chi connectivity index (χ2v) is 8.40. The number of ether oxygens (including phenoxy) is 2. The number of aliphatic hydroxyl groups excluding tert-OH is 2. The Morgan fingerprint density at radius 1 is 1.17 bits per heavy atom. The number of hydrogen-bond acceptors (Lipinski definition) is 7. The molecule has 7 atom stereocenters. The zero-order valence-electron chi connectivity index (χ0n) is 19.6. The SMILES string of the molecule is CCC(=O)O[C@H](CC[C@H](N)[C@@H](O)C[C@H](O)CC)[C@H](C)[C@H](OC)[C@H](C)CCN(C)C=O. The van der Waals surface area contributed by atoms with E-state index in [9.17, 15) is 19.8 Å². The van der Waals surface area contributed by atoms with Crippen molar-refractivity contribution in [3.8, 4) is 0 Å². The highest BCUT2D eigenvalue weighted by atomic mass is 16.5. The molecular formula is C22H44N2O6. The third-order valence-electron chi connectivity index (χ3n) is 5.89. The maximum atomic E-state index is 12.0. The molecule has 0 radical (unpaired) electrons. The molecule has 0 unspecified atom stereocenters. The molecule has 0 spiro atoms. The van der Waals surface area contributed by atoms with E-state index in [2.05, 4.69) is 6.92 Å². The van der Waals surface area contributed by atoms with Gasteiger partial charge in [0.05, 0.1) is 18.3 Å². The van der Waals surface area contributed by atoms with Crippen molar-refractivity contribution in [2.45, 2.75) is 96.7 Å². The van der Waals surface area contributed by atoms with Gasteiger partial charge in [-0.2, -0.15) is 0 Å². The maximum Gasteiger partial charge on any atom is 0.305 e. The van der Waals surface area contributed by atoms with Crippen molar-refractivity contribution in [2.24, 2.45) is 17.6 Å². The molecule has 0 rings (SSSR count). The fourth-order valence-electron chi connectivity index (χ4n) is 3.65. The van der Waals surface area contributed by atoms with Crippen molar-refractivity contribution in [1.82, 2.24) is 4.90 Å². The van der Waals surface area contributed by atoms with Gasteiger partial charge in [0.15, 0.2) is 0 Å². The van der Waals surface area contributed by atoms with Gasteiger partial charge in [0.25, 0.3) is 0 Å². The Morgan fingerprint density at radius 2 is 1.80 bits per heavy atom. The summed E-state index contributed by atoms with van der Waals surface area (Å²) in [5.41, 5.74) is 6.13. The van der Waals surface area contributed by atoms with Gasteiger partial charge in [-0.25, -0.2) is 0 Å². The Morgan fingerprint density at radius 3 is 2.30 bits per heavy atom. The summed E-state index contributed by atoms with van der Waals surface area (Å²) in [6, 6.07) is -0.513. The third kappa shape index (κ3) is 10.7. The lowest BCUT2D eigenvalue weighted by molar-refractivity contribution is -0.156. The quantitative estimate of drug-likeness (QED) is 0.236. The van der Waals surface area contributed by atoms with E-state index in [1.165, 1.54) is 0 Å². The zero-order valence-corrected chi connectivity index (χ0v) is 19.6. The van der Waals surface area contributed by atoms with Gasteiger partial charge in [0, 0.05) is 45.5 Å². The Kier molecular flexibility index (Phi) is 14.9. The van der Waals surface area contributed by atoms with Crippen LogP contribution in [0.15, 0.2) is 0 Å². The molecule has 8 nitrogen and oxygen atoms in total. The van der Waals surface area contributed by atoms with Gasteiger partial charge in [-0.15, -0.1) is 0 Å². The number of rotatable bonds is 17. The number of carbonyl (C=O) groups is 2. The molecule has 178 valence electrons. The minimum atomic E-state index is -0.811. The predicted octanol–water partition coefficient (Wildman–Crippen LogP) is 1.70. The summed E-state index contributed by atoms with van der Waals surface area (Å²) in [5, 5.41) is 20.0. The Labute approximate surface area is 182 Å². The van der Waals surface area contributed by atoms with Crippen molar-refractivity contribution in [2.75, 3.05) is 20.7 Å². The number of carbonyl (C=O) groups excluding carboxylic acids is 2. The van der Waals surface area contributed by atoms with E-state index in [1.807, 2.05) is 13.8 Å². The van der Waals surface area contributed by atoms with E-state index >= 15 is 0 Å². The van der Waals surface area contributed by atoms with Crippen LogP contribution in [0.25, 0.3) is 0 Å². The van der Waals surface area contributed by atoms with E-state index in [1.54, 1.807) is 26.0 Å².